The molecule has 0 spiro atoms. The van der Waals surface area contributed by atoms with Gasteiger partial charge in [-0.25, -0.2) is 0 Å². The van der Waals surface area contributed by atoms with Crippen LogP contribution in [-0.2, 0) is 11.3 Å². The summed E-state index contributed by atoms with van der Waals surface area (Å²) in [5.74, 6) is 1.60. The van der Waals surface area contributed by atoms with Crippen molar-refractivity contribution in [1.82, 2.24) is 9.80 Å². The summed E-state index contributed by atoms with van der Waals surface area (Å²) in [6, 6.07) is 10.1. The topological polar surface area (TPSA) is 42.0 Å². The molecule has 1 fully saturated rings. The average molecular weight is 421 g/mol. The van der Waals surface area contributed by atoms with Gasteiger partial charge in [-0.1, -0.05) is 12.1 Å². The molecule has 0 atom stereocenters. The van der Waals surface area contributed by atoms with Gasteiger partial charge in [-0.15, -0.1) is 23.7 Å². The van der Waals surface area contributed by atoms with Gasteiger partial charge in [0.1, 0.15) is 0 Å². The molecule has 1 aromatic heterocycles. The van der Waals surface area contributed by atoms with E-state index in [1.807, 2.05) is 29.2 Å². The van der Waals surface area contributed by atoms with Gasteiger partial charge in [0.15, 0.2) is 11.5 Å². The number of halogens is 1. The maximum atomic E-state index is 12.5. The minimum Gasteiger partial charge on any atom is -0.490 e. The Bertz CT molecular complexity index is 802. The number of benzene rings is 1. The lowest BCUT2D eigenvalue weighted by atomic mass is 10.2. The van der Waals surface area contributed by atoms with Crippen LogP contribution in [0.1, 0.15) is 16.9 Å². The van der Waals surface area contributed by atoms with Crippen molar-refractivity contribution in [2.75, 3.05) is 39.4 Å². The summed E-state index contributed by atoms with van der Waals surface area (Å²) in [7, 11) is 0. The highest BCUT2D eigenvalue weighted by Crippen LogP contribution is 2.30. The van der Waals surface area contributed by atoms with Gasteiger partial charge >= 0.3 is 0 Å². The van der Waals surface area contributed by atoms with E-state index in [4.69, 9.17) is 9.47 Å². The van der Waals surface area contributed by atoms with Crippen LogP contribution in [0.15, 0.2) is 41.8 Å². The highest BCUT2D eigenvalue weighted by Gasteiger charge is 2.20. The van der Waals surface area contributed by atoms with Crippen LogP contribution < -0.4 is 9.47 Å². The Kier molecular flexibility index (Phi) is 7.36. The van der Waals surface area contributed by atoms with Gasteiger partial charge in [-0.2, -0.15) is 0 Å². The molecule has 2 aromatic rings. The molecule has 3 heterocycles. The van der Waals surface area contributed by atoms with Crippen LogP contribution in [0.3, 0.4) is 0 Å². The first-order valence-corrected chi connectivity index (χ1v) is 10.3. The van der Waals surface area contributed by atoms with Crippen molar-refractivity contribution < 1.29 is 14.3 Å². The number of rotatable bonds is 4. The van der Waals surface area contributed by atoms with Gasteiger partial charge in [-0.05, 0) is 35.2 Å². The van der Waals surface area contributed by atoms with Crippen molar-refractivity contribution in [2.24, 2.45) is 0 Å². The maximum Gasteiger partial charge on any atom is 0.246 e. The zero-order chi connectivity index (χ0) is 18.5. The first-order chi connectivity index (χ1) is 13.3. The monoisotopic (exact) mass is 420 g/mol. The molecule has 2 aliphatic rings. The van der Waals surface area contributed by atoms with E-state index in [-0.39, 0.29) is 18.3 Å². The van der Waals surface area contributed by atoms with Gasteiger partial charge in [0.25, 0.3) is 0 Å². The molecule has 28 heavy (non-hydrogen) atoms. The number of carbonyl (C=O) groups is 1. The van der Waals surface area contributed by atoms with Crippen LogP contribution in [0, 0.1) is 0 Å². The quantitative estimate of drug-likeness (QED) is 0.707. The molecule has 1 aromatic carbocycles. The van der Waals surface area contributed by atoms with Crippen LogP contribution in [0.4, 0.5) is 0 Å². The van der Waals surface area contributed by atoms with E-state index in [1.165, 1.54) is 4.88 Å². The molecule has 150 valence electrons. The zero-order valence-electron chi connectivity index (χ0n) is 15.7. The Morgan fingerprint density at radius 2 is 1.86 bits per heavy atom. The van der Waals surface area contributed by atoms with E-state index >= 15 is 0 Å². The fraction of sp³-hybridized carbons (Fsp3) is 0.381. The number of amides is 1. The van der Waals surface area contributed by atoms with Gasteiger partial charge < -0.3 is 14.4 Å². The summed E-state index contributed by atoms with van der Waals surface area (Å²) in [5, 5.41) is 2.11. The van der Waals surface area contributed by atoms with E-state index in [0.29, 0.717) is 13.2 Å². The summed E-state index contributed by atoms with van der Waals surface area (Å²) in [6.07, 6.45) is 4.40. The molecule has 0 aliphatic carbocycles. The minimum absolute atomic E-state index is 0. The average Bonchev–Trinajstić information content (AvgIpc) is 3.09. The number of hydrogen-bond acceptors (Lipinski definition) is 5. The van der Waals surface area contributed by atoms with Gasteiger partial charge in [-0.3, -0.25) is 9.69 Å². The van der Waals surface area contributed by atoms with E-state index < -0.39 is 0 Å². The van der Waals surface area contributed by atoms with Crippen molar-refractivity contribution in [3.63, 3.8) is 0 Å². The lowest BCUT2D eigenvalue weighted by molar-refractivity contribution is -0.127. The van der Waals surface area contributed by atoms with Crippen LogP contribution in [0.2, 0.25) is 0 Å². The third kappa shape index (κ3) is 5.28. The molecule has 1 saturated heterocycles. The number of nitrogens with zero attached hydrogens (tertiary/aromatic N) is 2. The number of carbonyl (C=O) groups excluding carboxylic acids is 1. The first-order valence-electron chi connectivity index (χ1n) is 9.39. The Balaban J connectivity index is 0.00000225. The fourth-order valence-corrected chi connectivity index (χ4v) is 4.05. The molecule has 2 aliphatic heterocycles. The highest BCUT2D eigenvalue weighted by molar-refractivity contribution is 7.09. The third-order valence-electron chi connectivity index (χ3n) is 4.83. The Morgan fingerprint density at radius 1 is 1.07 bits per heavy atom. The van der Waals surface area contributed by atoms with E-state index in [0.717, 1.165) is 56.2 Å². The Labute approximate surface area is 176 Å². The lowest BCUT2D eigenvalue weighted by Crippen LogP contribution is -2.47. The Hall–Kier alpha value is -2.02. The number of ether oxygens (including phenoxy) is 2. The zero-order valence-corrected chi connectivity index (χ0v) is 17.3. The van der Waals surface area contributed by atoms with Crippen molar-refractivity contribution >= 4 is 35.7 Å². The largest absolute Gasteiger partial charge is 0.490 e. The Morgan fingerprint density at radius 3 is 2.61 bits per heavy atom. The minimum atomic E-state index is 0. The predicted octanol–water partition coefficient (Wildman–Crippen LogP) is 3.69. The molecule has 7 heteroatoms. The van der Waals surface area contributed by atoms with Crippen molar-refractivity contribution in [3.8, 4) is 11.5 Å². The van der Waals surface area contributed by atoms with Crippen LogP contribution in [-0.4, -0.2) is 55.1 Å². The predicted molar refractivity (Wildman–Crippen MR) is 115 cm³/mol. The smallest absolute Gasteiger partial charge is 0.246 e. The van der Waals surface area contributed by atoms with Gasteiger partial charge in [0, 0.05) is 50.1 Å². The number of piperazine rings is 1. The van der Waals surface area contributed by atoms with Crippen molar-refractivity contribution in [3.05, 3.63) is 52.2 Å². The molecule has 0 radical (unpaired) electrons. The van der Waals surface area contributed by atoms with Gasteiger partial charge in [0.05, 0.1) is 13.2 Å². The highest BCUT2D eigenvalue weighted by atomic mass is 35.5. The van der Waals surface area contributed by atoms with Crippen LogP contribution in [0.5, 0.6) is 11.5 Å². The second-order valence-corrected chi connectivity index (χ2v) is 7.80. The molecule has 4 rings (SSSR count). The summed E-state index contributed by atoms with van der Waals surface area (Å²) in [4.78, 5) is 18.2. The molecular weight excluding hydrogens is 396 g/mol. The molecule has 5 nitrogen and oxygen atoms in total. The molecule has 0 bridgehead atoms. The maximum absolute atomic E-state index is 12.5. The second kappa shape index (κ2) is 9.96. The summed E-state index contributed by atoms with van der Waals surface area (Å²) < 4.78 is 11.4. The normalized spacial score (nSPS) is 17.2. The van der Waals surface area contributed by atoms with E-state index in [2.05, 4.69) is 22.4 Å². The summed E-state index contributed by atoms with van der Waals surface area (Å²) >= 11 is 1.79. The molecular formula is C21H25ClN2O3S. The molecule has 0 N–H and O–H groups in total. The van der Waals surface area contributed by atoms with Crippen LogP contribution in [0.25, 0.3) is 6.08 Å². The van der Waals surface area contributed by atoms with E-state index in [1.54, 1.807) is 17.4 Å². The van der Waals surface area contributed by atoms with Crippen LogP contribution >= 0.6 is 23.7 Å². The third-order valence-corrected chi connectivity index (χ3v) is 5.69. The number of thiophene rings is 1. The number of hydrogen-bond donors (Lipinski definition) is 0. The lowest BCUT2D eigenvalue weighted by Gasteiger charge is -2.34. The van der Waals surface area contributed by atoms with E-state index in [9.17, 15) is 4.79 Å². The van der Waals surface area contributed by atoms with Crippen molar-refractivity contribution in [2.45, 2.75) is 13.0 Å². The number of fused-ring (bicyclic) bond motifs is 1. The summed E-state index contributed by atoms with van der Waals surface area (Å²) in [5.41, 5.74) is 0.948. The molecule has 0 saturated carbocycles. The van der Waals surface area contributed by atoms with Crippen molar-refractivity contribution in [1.29, 1.82) is 0 Å². The first kappa shape index (κ1) is 20.7. The second-order valence-electron chi connectivity index (χ2n) is 6.77. The van der Waals surface area contributed by atoms with Gasteiger partial charge in [0.2, 0.25) is 5.91 Å². The molecule has 0 unspecified atom stereocenters. The summed E-state index contributed by atoms with van der Waals surface area (Å²) in [6.45, 7) is 5.70. The fourth-order valence-electron chi connectivity index (χ4n) is 3.31. The molecule has 1 amide bonds. The SMILES string of the molecule is Cl.O=C(/C=C/c1ccc2c(c1)OCCCO2)N1CCN(Cc2cccs2)CC1. The standard InChI is InChI=1S/C21H24N2O3S.ClH/c24-21(23-10-8-22(9-11-23)16-18-3-1-14-27-18)7-5-17-4-6-19-20(15-17)26-13-2-12-25-19;/h1,3-7,14-15H,2,8-13,16H2;1H/b7-5+;.